The van der Waals surface area contributed by atoms with E-state index >= 15 is 0 Å². The third-order valence-electron chi connectivity index (χ3n) is 4.01. The molecule has 1 aliphatic heterocycles. The average Bonchev–Trinajstić information content (AvgIpc) is 2.59. The summed E-state index contributed by atoms with van der Waals surface area (Å²) in [5.41, 5.74) is 0.626. The Hall–Kier alpha value is -2.29. The summed E-state index contributed by atoms with van der Waals surface area (Å²) in [5.74, 6) is -2.71. The summed E-state index contributed by atoms with van der Waals surface area (Å²) in [6, 6.07) is 4.13. The van der Waals surface area contributed by atoms with Crippen molar-refractivity contribution in [1.29, 1.82) is 0 Å². The molecule has 1 N–H and O–H groups in total. The lowest BCUT2D eigenvalue weighted by atomic mass is 10.1. The molecule has 1 aromatic rings. The van der Waals surface area contributed by atoms with Crippen molar-refractivity contribution in [3.63, 3.8) is 0 Å². The van der Waals surface area contributed by atoms with Crippen LogP contribution >= 0.6 is 0 Å². The zero-order valence-corrected chi connectivity index (χ0v) is 14.7. The molecule has 0 bridgehead atoms. The summed E-state index contributed by atoms with van der Waals surface area (Å²) in [7, 11) is 1.99. The highest BCUT2D eigenvalue weighted by molar-refractivity contribution is 6.00. The van der Waals surface area contributed by atoms with E-state index in [4.69, 9.17) is 4.74 Å². The molecule has 0 unspecified atom stereocenters. The van der Waals surface area contributed by atoms with Crippen LogP contribution in [0.15, 0.2) is 18.2 Å². The number of alkyl halides is 3. The second-order valence-corrected chi connectivity index (χ2v) is 6.11. The topological polar surface area (TPSA) is 61.9 Å². The van der Waals surface area contributed by atoms with Crippen molar-refractivity contribution in [3.05, 3.63) is 23.8 Å². The Kier molecular flexibility index (Phi) is 6.47. The number of amides is 1. The number of nitrogens with one attached hydrogen (secondary N) is 1. The molecule has 6 nitrogen and oxygen atoms in total. The van der Waals surface area contributed by atoms with Crippen LogP contribution in [0.3, 0.4) is 0 Å². The minimum atomic E-state index is -5.00. The molecule has 144 valence electrons. The van der Waals surface area contributed by atoms with E-state index in [1.807, 2.05) is 18.9 Å². The van der Waals surface area contributed by atoms with Crippen LogP contribution in [-0.2, 0) is 9.53 Å². The van der Waals surface area contributed by atoms with Crippen LogP contribution in [0.4, 0.5) is 24.5 Å². The van der Waals surface area contributed by atoms with E-state index < -0.39 is 18.1 Å². The van der Waals surface area contributed by atoms with E-state index in [9.17, 15) is 22.8 Å². The summed E-state index contributed by atoms with van der Waals surface area (Å²) in [4.78, 5) is 27.6. The van der Waals surface area contributed by atoms with Crippen LogP contribution in [0.2, 0.25) is 0 Å². The number of esters is 1. The van der Waals surface area contributed by atoms with Gasteiger partial charge in [0.2, 0.25) is 0 Å². The highest BCUT2D eigenvalue weighted by atomic mass is 19.4. The number of nitrogens with zero attached hydrogens (tertiary/aromatic N) is 2. The Morgan fingerprint density at radius 3 is 2.42 bits per heavy atom. The Bertz CT molecular complexity index is 656. The van der Waals surface area contributed by atoms with Crippen molar-refractivity contribution >= 4 is 23.3 Å². The van der Waals surface area contributed by atoms with Gasteiger partial charge < -0.3 is 19.9 Å². The lowest BCUT2D eigenvalue weighted by Crippen LogP contribution is -2.45. The number of rotatable bonds is 5. The Labute approximate surface area is 149 Å². The van der Waals surface area contributed by atoms with Gasteiger partial charge in [0.05, 0.1) is 17.9 Å². The van der Waals surface area contributed by atoms with Gasteiger partial charge in [-0.15, -0.1) is 0 Å². The van der Waals surface area contributed by atoms with Gasteiger partial charge in [-0.05, 0) is 31.7 Å². The smallest absolute Gasteiger partial charge is 0.462 e. The maximum Gasteiger partial charge on any atom is 0.471 e. The highest BCUT2D eigenvalue weighted by Crippen LogP contribution is 2.27. The molecule has 0 spiro atoms. The summed E-state index contributed by atoms with van der Waals surface area (Å²) in [6.45, 7) is 5.01. The Morgan fingerprint density at radius 2 is 1.85 bits per heavy atom. The molecule has 1 heterocycles. The Morgan fingerprint density at radius 1 is 1.19 bits per heavy atom. The van der Waals surface area contributed by atoms with E-state index in [2.05, 4.69) is 4.90 Å². The van der Waals surface area contributed by atoms with Gasteiger partial charge in [-0.25, -0.2) is 4.79 Å². The van der Waals surface area contributed by atoms with Gasteiger partial charge in [0, 0.05) is 31.9 Å². The fraction of sp³-hybridized carbons (Fsp3) is 0.529. The number of likely N-dealkylation sites (N-methyl/N-ethyl adjacent to an activating group) is 1. The number of hydrogen-bond donors (Lipinski definition) is 1. The van der Waals surface area contributed by atoms with Crippen molar-refractivity contribution in [2.45, 2.75) is 19.5 Å². The van der Waals surface area contributed by atoms with Gasteiger partial charge in [-0.3, -0.25) is 4.79 Å². The van der Waals surface area contributed by atoms with E-state index in [0.29, 0.717) is 25.2 Å². The van der Waals surface area contributed by atoms with Crippen molar-refractivity contribution in [1.82, 2.24) is 4.90 Å². The monoisotopic (exact) mass is 373 g/mol. The quantitative estimate of drug-likeness (QED) is 0.804. The summed E-state index contributed by atoms with van der Waals surface area (Å²) in [6.07, 6.45) is -4.38. The predicted molar refractivity (Wildman–Crippen MR) is 91.4 cm³/mol. The predicted octanol–water partition coefficient (Wildman–Crippen LogP) is 2.51. The number of carbonyl (C=O) groups is 2. The molecule has 1 amide bonds. The van der Waals surface area contributed by atoms with E-state index in [1.54, 1.807) is 11.4 Å². The molecule has 2 rings (SSSR count). The summed E-state index contributed by atoms with van der Waals surface area (Å²) >= 11 is 0. The largest absolute Gasteiger partial charge is 0.471 e. The van der Waals surface area contributed by atoms with Gasteiger partial charge >= 0.3 is 18.1 Å². The maximum absolute atomic E-state index is 12.5. The standard InChI is InChI=1S/C17H22F3N3O3/c1-3-10-26-15(24)13-11-12(21-16(25)17(18,19)20)4-5-14(13)23-8-6-22(2)7-9-23/h4-5,11H,3,6-10H2,1-2H3,(H,21,25). The summed E-state index contributed by atoms with van der Waals surface area (Å²) < 4.78 is 42.5. The molecule has 1 fully saturated rings. The molecule has 1 saturated heterocycles. The maximum atomic E-state index is 12.5. The fourth-order valence-electron chi connectivity index (χ4n) is 2.57. The zero-order chi connectivity index (χ0) is 19.3. The molecule has 9 heteroatoms. The van der Waals surface area contributed by atoms with E-state index in [1.165, 1.54) is 12.1 Å². The molecular weight excluding hydrogens is 351 g/mol. The van der Waals surface area contributed by atoms with Crippen molar-refractivity contribution in [2.75, 3.05) is 50.1 Å². The van der Waals surface area contributed by atoms with Gasteiger partial charge in [-0.1, -0.05) is 6.92 Å². The lowest BCUT2D eigenvalue weighted by Gasteiger charge is -2.35. The first-order valence-corrected chi connectivity index (χ1v) is 8.35. The number of halogens is 3. The first-order chi connectivity index (χ1) is 12.2. The molecule has 0 aliphatic carbocycles. The lowest BCUT2D eigenvalue weighted by molar-refractivity contribution is -0.167. The van der Waals surface area contributed by atoms with Crippen molar-refractivity contribution in [2.24, 2.45) is 0 Å². The van der Waals surface area contributed by atoms with E-state index in [-0.39, 0.29) is 17.9 Å². The molecule has 1 aromatic carbocycles. The molecule has 0 saturated carbocycles. The van der Waals surface area contributed by atoms with Crippen molar-refractivity contribution in [3.8, 4) is 0 Å². The number of piperazine rings is 1. The number of carbonyl (C=O) groups excluding carboxylic acids is 2. The normalized spacial score (nSPS) is 15.7. The number of ether oxygens (including phenoxy) is 1. The Balaban J connectivity index is 2.29. The van der Waals surface area contributed by atoms with Crippen LogP contribution in [0, 0.1) is 0 Å². The summed E-state index contributed by atoms with van der Waals surface area (Å²) in [5, 5.41) is 1.77. The molecule has 0 radical (unpaired) electrons. The van der Waals surface area contributed by atoms with Gasteiger partial charge in [0.15, 0.2) is 0 Å². The first kappa shape index (κ1) is 20.0. The molecule has 26 heavy (non-hydrogen) atoms. The second-order valence-electron chi connectivity index (χ2n) is 6.11. The van der Waals surface area contributed by atoms with Crippen LogP contribution in [0.25, 0.3) is 0 Å². The van der Waals surface area contributed by atoms with Gasteiger partial charge in [-0.2, -0.15) is 13.2 Å². The number of hydrogen-bond acceptors (Lipinski definition) is 5. The second kappa shape index (κ2) is 8.39. The van der Waals surface area contributed by atoms with Crippen LogP contribution < -0.4 is 10.2 Å². The third-order valence-corrected chi connectivity index (χ3v) is 4.01. The van der Waals surface area contributed by atoms with E-state index in [0.717, 1.165) is 13.1 Å². The van der Waals surface area contributed by atoms with Crippen LogP contribution in [0.1, 0.15) is 23.7 Å². The minimum absolute atomic E-state index is 0.103. The van der Waals surface area contributed by atoms with Gasteiger partial charge in [0.1, 0.15) is 0 Å². The van der Waals surface area contributed by atoms with Gasteiger partial charge in [0.25, 0.3) is 0 Å². The minimum Gasteiger partial charge on any atom is -0.462 e. The molecule has 1 aliphatic rings. The fourth-order valence-corrected chi connectivity index (χ4v) is 2.57. The number of benzene rings is 1. The molecule has 0 aromatic heterocycles. The van der Waals surface area contributed by atoms with Crippen molar-refractivity contribution < 1.29 is 27.5 Å². The molecule has 0 atom stereocenters. The highest BCUT2D eigenvalue weighted by Gasteiger charge is 2.38. The molecular formula is C17H22F3N3O3. The zero-order valence-electron chi connectivity index (χ0n) is 14.7. The number of anilines is 2. The first-order valence-electron chi connectivity index (χ1n) is 8.35. The van der Waals surface area contributed by atoms with Crippen LogP contribution in [-0.4, -0.2) is 62.8 Å². The SMILES string of the molecule is CCCOC(=O)c1cc(NC(=O)C(F)(F)F)ccc1N1CCN(C)CC1. The average molecular weight is 373 g/mol. The third kappa shape index (κ3) is 5.10. The van der Waals surface area contributed by atoms with Crippen LogP contribution in [0.5, 0.6) is 0 Å².